The van der Waals surface area contributed by atoms with Gasteiger partial charge in [0.1, 0.15) is 11.4 Å². The van der Waals surface area contributed by atoms with Crippen LogP contribution in [0.3, 0.4) is 0 Å². The smallest absolute Gasteiger partial charge is 0.296 e. The predicted molar refractivity (Wildman–Crippen MR) is 58.5 cm³/mol. The number of anilines is 1. The Morgan fingerprint density at radius 1 is 1.62 bits per heavy atom. The van der Waals surface area contributed by atoms with Gasteiger partial charge in [-0.3, -0.25) is 14.9 Å². The van der Waals surface area contributed by atoms with Crippen LogP contribution in [0, 0.1) is 10.1 Å². The van der Waals surface area contributed by atoms with Gasteiger partial charge in [-0.2, -0.15) is 0 Å². The summed E-state index contributed by atoms with van der Waals surface area (Å²) in [4.78, 5) is 21.2. The second-order valence-corrected chi connectivity index (χ2v) is 2.83. The van der Waals surface area contributed by atoms with Crippen LogP contribution in [0.4, 0.5) is 11.4 Å². The van der Waals surface area contributed by atoms with Crippen LogP contribution in [0.25, 0.3) is 0 Å². The van der Waals surface area contributed by atoms with Crippen molar-refractivity contribution in [1.29, 1.82) is 0 Å². The van der Waals surface area contributed by atoms with Crippen LogP contribution in [0.1, 0.15) is 0 Å². The van der Waals surface area contributed by atoms with E-state index in [1.54, 1.807) is 0 Å². The largest absolute Gasteiger partial charge is 0.496 e. The molecule has 0 heterocycles. The molecule has 0 atom stereocenters. The van der Waals surface area contributed by atoms with E-state index in [0.717, 1.165) is 6.08 Å². The van der Waals surface area contributed by atoms with Crippen LogP contribution in [0.15, 0.2) is 30.9 Å². The fourth-order valence-corrected chi connectivity index (χ4v) is 1.08. The topological polar surface area (TPSA) is 81.5 Å². The molecule has 1 N–H and O–H groups in total. The van der Waals surface area contributed by atoms with Crippen LogP contribution in [-0.4, -0.2) is 17.9 Å². The number of benzene rings is 1. The van der Waals surface area contributed by atoms with Gasteiger partial charge >= 0.3 is 0 Å². The first-order valence-electron chi connectivity index (χ1n) is 4.34. The molecule has 0 aliphatic heterocycles. The molecule has 0 saturated carbocycles. The highest BCUT2D eigenvalue weighted by Crippen LogP contribution is 2.28. The van der Waals surface area contributed by atoms with E-state index in [-0.39, 0.29) is 11.4 Å². The van der Waals surface area contributed by atoms with Crippen molar-refractivity contribution in [2.24, 2.45) is 0 Å². The highest BCUT2D eigenvalue weighted by atomic mass is 16.6. The number of ether oxygens (including phenoxy) is 1. The molecule has 1 rings (SSSR count). The van der Waals surface area contributed by atoms with E-state index in [1.165, 1.54) is 25.3 Å². The molecule has 0 aliphatic rings. The molecule has 0 bridgehead atoms. The first kappa shape index (κ1) is 11.7. The van der Waals surface area contributed by atoms with Gasteiger partial charge in [0, 0.05) is 0 Å². The molecule has 6 nitrogen and oxygen atoms in total. The molecule has 0 aliphatic carbocycles. The summed E-state index contributed by atoms with van der Waals surface area (Å²) in [5.74, 6) is -0.156. The molecule has 0 spiro atoms. The van der Waals surface area contributed by atoms with E-state index in [0.29, 0.717) is 5.75 Å². The first-order chi connectivity index (χ1) is 7.58. The van der Waals surface area contributed by atoms with Crippen molar-refractivity contribution >= 4 is 17.3 Å². The molecule has 0 unspecified atom stereocenters. The lowest BCUT2D eigenvalue weighted by Gasteiger charge is -2.05. The van der Waals surface area contributed by atoms with Gasteiger partial charge in [-0.05, 0) is 18.2 Å². The fraction of sp³-hybridized carbons (Fsp3) is 0.100. The summed E-state index contributed by atoms with van der Waals surface area (Å²) < 4.78 is 4.85. The molecular weight excluding hydrogens is 212 g/mol. The number of amides is 1. The Morgan fingerprint density at radius 3 is 2.81 bits per heavy atom. The van der Waals surface area contributed by atoms with E-state index in [1.807, 2.05) is 0 Å². The summed E-state index contributed by atoms with van der Waals surface area (Å²) in [5, 5.41) is 13.1. The molecule has 1 aromatic rings. The number of nitro benzene ring substituents is 1. The van der Waals surface area contributed by atoms with Crippen molar-refractivity contribution in [1.82, 2.24) is 0 Å². The minimum Gasteiger partial charge on any atom is -0.496 e. The Hall–Kier alpha value is -2.37. The van der Waals surface area contributed by atoms with Crippen LogP contribution < -0.4 is 10.1 Å². The second-order valence-electron chi connectivity index (χ2n) is 2.83. The first-order valence-corrected chi connectivity index (χ1v) is 4.34. The highest BCUT2D eigenvalue weighted by molar-refractivity contribution is 6.00. The van der Waals surface area contributed by atoms with Crippen LogP contribution >= 0.6 is 0 Å². The van der Waals surface area contributed by atoms with Crippen molar-refractivity contribution in [3.8, 4) is 5.75 Å². The molecule has 84 valence electrons. The SMILES string of the molecule is C=CC(=O)Nc1ccc(OC)cc1[N+](=O)[O-]. The van der Waals surface area contributed by atoms with Crippen molar-refractivity contribution < 1.29 is 14.5 Å². The summed E-state index contributed by atoms with van der Waals surface area (Å²) >= 11 is 0. The average Bonchev–Trinajstić information content (AvgIpc) is 2.29. The number of hydrogen-bond donors (Lipinski definition) is 1. The Labute approximate surface area is 91.7 Å². The van der Waals surface area contributed by atoms with Crippen molar-refractivity contribution in [2.45, 2.75) is 0 Å². The molecule has 0 aromatic heterocycles. The van der Waals surface area contributed by atoms with Crippen LogP contribution in [-0.2, 0) is 4.79 Å². The van der Waals surface area contributed by atoms with Gasteiger partial charge in [-0.15, -0.1) is 0 Å². The zero-order valence-electron chi connectivity index (χ0n) is 8.60. The normalized spacial score (nSPS) is 9.31. The van der Waals surface area contributed by atoms with Crippen LogP contribution in [0.2, 0.25) is 0 Å². The van der Waals surface area contributed by atoms with E-state index >= 15 is 0 Å². The molecule has 0 radical (unpaired) electrons. The summed E-state index contributed by atoms with van der Waals surface area (Å²) in [5.41, 5.74) is -0.120. The number of rotatable bonds is 4. The third-order valence-corrected chi connectivity index (χ3v) is 1.84. The van der Waals surface area contributed by atoms with Crippen molar-refractivity contribution in [3.05, 3.63) is 41.0 Å². The standard InChI is InChI=1S/C10H10N2O4/c1-3-10(13)11-8-5-4-7(16-2)6-9(8)12(14)15/h3-6H,1H2,2H3,(H,11,13). The summed E-state index contributed by atoms with van der Waals surface area (Å²) in [6, 6.07) is 4.16. The number of nitro groups is 1. The summed E-state index contributed by atoms with van der Waals surface area (Å²) in [6.07, 6.45) is 1.04. The number of nitrogens with zero attached hydrogens (tertiary/aromatic N) is 1. The minimum atomic E-state index is -0.596. The number of carbonyl (C=O) groups excluding carboxylic acids is 1. The maximum atomic E-state index is 11.0. The van der Waals surface area contributed by atoms with Crippen molar-refractivity contribution in [2.75, 3.05) is 12.4 Å². The maximum Gasteiger partial charge on any atom is 0.296 e. The van der Waals surface area contributed by atoms with Gasteiger partial charge in [0.05, 0.1) is 18.1 Å². The zero-order chi connectivity index (χ0) is 12.1. The molecule has 1 amide bonds. The lowest BCUT2D eigenvalue weighted by atomic mass is 10.2. The quantitative estimate of drug-likeness (QED) is 0.477. The zero-order valence-corrected chi connectivity index (χ0v) is 8.60. The average molecular weight is 222 g/mol. The molecule has 1 aromatic carbocycles. The van der Waals surface area contributed by atoms with Crippen LogP contribution in [0.5, 0.6) is 5.75 Å². The molecule has 0 saturated heterocycles. The second kappa shape index (κ2) is 4.92. The van der Waals surface area contributed by atoms with Gasteiger partial charge in [0.2, 0.25) is 5.91 Å². The summed E-state index contributed by atoms with van der Waals surface area (Å²) in [7, 11) is 1.40. The number of methoxy groups -OCH3 is 1. The number of hydrogen-bond acceptors (Lipinski definition) is 4. The molecular formula is C10H10N2O4. The number of carbonyl (C=O) groups is 1. The van der Waals surface area contributed by atoms with Gasteiger partial charge in [0.15, 0.2) is 0 Å². The van der Waals surface area contributed by atoms with Gasteiger partial charge in [0.25, 0.3) is 5.69 Å². The lowest BCUT2D eigenvalue weighted by Crippen LogP contribution is -2.09. The highest BCUT2D eigenvalue weighted by Gasteiger charge is 2.15. The summed E-state index contributed by atoms with van der Waals surface area (Å²) in [6.45, 7) is 3.26. The predicted octanol–water partition coefficient (Wildman–Crippen LogP) is 1.73. The fourth-order valence-electron chi connectivity index (χ4n) is 1.08. The Bertz CT molecular complexity index is 442. The van der Waals surface area contributed by atoms with E-state index in [4.69, 9.17) is 4.74 Å². The van der Waals surface area contributed by atoms with Crippen molar-refractivity contribution in [3.63, 3.8) is 0 Å². The third kappa shape index (κ3) is 2.57. The molecule has 16 heavy (non-hydrogen) atoms. The van der Waals surface area contributed by atoms with Gasteiger partial charge in [-0.1, -0.05) is 6.58 Å². The van der Waals surface area contributed by atoms with Gasteiger partial charge in [-0.25, -0.2) is 0 Å². The maximum absolute atomic E-state index is 11.0. The molecule has 6 heteroatoms. The minimum absolute atomic E-state index is 0.107. The molecule has 0 fully saturated rings. The van der Waals surface area contributed by atoms with E-state index in [2.05, 4.69) is 11.9 Å². The monoisotopic (exact) mass is 222 g/mol. The Balaban J connectivity index is 3.12. The Morgan fingerprint density at radius 2 is 2.31 bits per heavy atom. The Kier molecular flexibility index (Phi) is 3.60. The van der Waals surface area contributed by atoms with Gasteiger partial charge < -0.3 is 10.1 Å². The number of nitrogens with one attached hydrogen (secondary N) is 1. The van der Waals surface area contributed by atoms with E-state index in [9.17, 15) is 14.9 Å². The lowest BCUT2D eigenvalue weighted by molar-refractivity contribution is -0.384. The van der Waals surface area contributed by atoms with E-state index < -0.39 is 10.8 Å². The third-order valence-electron chi connectivity index (χ3n) is 1.84.